The molecule has 2 rings (SSSR count). The molecular weight excluding hydrogens is 254 g/mol. The maximum atomic E-state index is 12.1. The Morgan fingerprint density at radius 2 is 2.10 bits per heavy atom. The fraction of sp³-hybridized carbons (Fsp3) is 0.438. The minimum Gasteiger partial charge on any atom is -0.451 e. The molecule has 0 saturated heterocycles. The summed E-state index contributed by atoms with van der Waals surface area (Å²) in [6, 6.07) is 7.29. The van der Waals surface area contributed by atoms with Crippen molar-refractivity contribution in [3.8, 4) is 0 Å². The number of carbonyl (C=O) groups excluding carboxylic acids is 1. The molecule has 0 radical (unpaired) electrons. The molecule has 0 bridgehead atoms. The van der Waals surface area contributed by atoms with Crippen LogP contribution in [-0.2, 0) is 0 Å². The average molecular weight is 275 g/mol. The Kier molecular flexibility index (Phi) is 4.45. The number of fused-ring (bicyclic) bond motifs is 1. The highest BCUT2D eigenvalue weighted by molar-refractivity contribution is 5.96. The molecule has 20 heavy (non-hydrogen) atoms. The third-order valence-electron chi connectivity index (χ3n) is 3.21. The van der Waals surface area contributed by atoms with Crippen LogP contribution in [-0.4, -0.2) is 23.7 Å². The van der Waals surface area contributed by atoms with Gasteiger partial charge in [0.05, 0.1) is 12.6 Å². The van der Waals surface area contributed by atoms with E-state index in [1.165, 1.54) is 0 Å². The van der Waals surface area contributed by atoms with E-state index in [0.717, 1.165) is 17.4 Å². The highest BCUT2D eigenvalue weighted by Gasteiger charge is 2.17. The zero-order valence-corrected chi connectivity index (χ0v) is 12.1. The number of aliphatic hydroxyl groups is 1. The lowest BCUT2D eigenvalue weighted by molar-refractivity contribution is 0.0882. The molecule has 1 atom stereocenters. The molecule has 108 valence electrons. The third kappa shape index (κ3) is 3.39. The number of rotatable bonds is 5. The molecule has 1 aromatic heterocycles. The van der Waals surface area contributed by atoms with Gasteiger partial charge in [0.1, 0.15) is 5.58 Å². The molecule has 0 saturated carbocycles. The third-order valence-corrected chi connectivity index (χ3v) is 3.21. The van der Waals surface area contributed by atoms with Crippen molar-refractivity contribution < 1.29 is 14.3 Å². The van der Waals surface area contributed by atoms with E-state index in [1.807, 2.05) is 25.1 Å². The topological polar surface area (TPSA) is 62.5 Å². The van der Waals surface area contributed by atoms with Crippen molar-refractivity contribution in [3.05, 3.63) is 35.6 Å². The van der Waals surface area contributed by atoms with Crippen LogP contribution in [0, 0.1) is 12.8 Å². The van der Waals surface area contributed by atoms with E-state index < -0.39 is 0 Å². The number of benzene rings is 1. The molecule has 0 aliphatic carbocycles. The average Bonchev–Trinajstić information content (AvgIpc) is 2.80. The van der Waals surface area contributed by atoms with Crippen LogP contribution in [0.5, 0.6) is 0 Å². The number of amides is 1. The van der Waals surface area contributed by atoms with Gasteiger partial charge < -0.3 is 14.8 Å². The molecule has 2 N–H and O–H groups in total. The van der Waals surface area contributed by atoms with Gasteiger partial charge in [0.15, 0.2) is 5.76 Å². The Balaban J connectivity index is 2.14. The van der Waals surface area contributed by atoms with Crippen molar-refractivity contribution in [3.63, 3.8) is 0 Å². The quantitative estimate of drug-likeness (QED) is 0.882. The molecule has 1 amide bonds. The first-order valence-electron chi connectivity index (χ1n) is 6.91. The summed E-state index contributed by atoms with van der Waals surface area (Å²) in [6.45, 7) is 6.04. The second-order valence-electron chi connectivity index (χ2n) is 5.63. The van der Waals surface area contributed by atoms with Gasteiger partial charge in [0.2, 0.25) is 0 Å². The summed E-state index contributed by atoms with van der Waals surface area (Å²) in [5.74, 6) is 0.414. The van der Waals surface area contributed by atoms with Crippen LogP contribution in [0.25, 0.3) is 11.0 Å². The van der Waals surface area contributed by atoms with Gasteiger partial charge in [-0.2, -0.15) is 0 Å². The molecule has 1 unspecified atom stereocenters. The molecule has 0 aliphatic heterocycles. The van der Waals surface area contributed by atoms with Crippen molar-refractivity contribution in [2.24, 2.45) is 5.92 Å². The lowest BCUT2D eigenvalue weighted by atomic mass is 10.0. The Labute approximate surface area is 118 Å². The minimum absolute atomic E-state index is 0.0662. The van der Waals surface area contributed by atoms with Crippen LogP contribution in [0.1, 0.15) is 36.4 Å². The molecule has 2 aromatic rings. The summed E-state index contributed by atoms with van der Waals surface area (Å²) in [6.07, 6.45) is 0.738. The molecule has 0 spiro atoms. The Morgan fingerprint density at radius 3 is 2.75 bits per heavy atom. The molecule has 4 heteroatoms. The van der Waals surface area contributed by atoms with Gasteiger partial charge in [-0.1, -0.05) is 25.5 Å². The van der Waals surface area contributed by atoms with Crippen molar-refractivity contribution in [1.29, 1.82) is 0 Å². The van der Waals surface area contributed by atoms with Crippen LogP contribution in [0.4, 0.5) is 0 Å². The Hall–Kier alpha value is -1.81. The van der Waals surface area contributed by atoms with Crippen molar-refractivity contribution in [2.45, 2.75) is 33.2 Å². The van der Waals surface area contributed by atoms with Crippen molar-refractivity contribution in [2.75, 3.05) is 6.61 Å². The predicted molar refractivity (Wildman–Crippen MR) is 78.7 cm³/mol. The van der Waals surface area contributed by atoms with E-state index in [2.05, 4.69) is 19.2 Å². The maximum absolute atomic E-state index is 12.1. The highest BCUT2D eigenvalue weighted by atomic mass is 16.3. The second kappa shape index (κ2) is 6.09. The standard InChI is InChI=1S/C16H21NO3/c1-10(2)6-13(9-18)17-16(19)15-8-12-7-11(3)4-5-14(12)20-15/h4-5,7-8,10,13,18H,6,9H2,1-3H3,(H,17,19). The molecule has 0 fully saturated rings. The summed E-state index contributed by atoms with van der Waals surface area (Å²) in [4.78, 5) is 12.1. The van der Waals surface area contributed by atoms with Crippen LogP contribution in [0.3, 0.4) is 0 Å². The van der Waals surface area contributed by atoms with Crippen molar-refractivity contribution in [1.82, 2.24) is 5.32 Å². The molecule has 0 aliphatic rings. The largest absolute Gasteiger partial charge is 0.451 e. The van der Waals surface area contributed by atoms with Crippen LogP contribution >= 0.6 is 0 Å². The van der Waals surface area contributed by atoms with E-state index in [0.29, 0.717) is 11.5 Å². The van der Waals surface area contributed by atoms with Crippen LogP contribution in [0.2, 0.25) is 0 Å². The normalized spacial score (nSPS) is 12.8. The van der Waals surface area contributed by atoms with Crippen LogP contribution in [0.15, 0.2) is 28.7 Å². The maximum Gasteiger partial charge on any atom is 0.287 e. The number of aliphatic hydroxyl groups excluding tert-OH is 1. The predicted octanol–water partition coefficient (Wildman–Crippen LogP) is 2.88. The van der Waals surface area contributed by atoms with Gasteiger partial charge in [-0.05, 0) is 37.5 Å². The summed E-state index contributed by atoms with van der Waals surface area (Å²) < 4.78 is 5.54. The van der Waals surface area contributed by atoms with Gasteiger partial charge >= 0.3 is 0 Å². The van der Waals surface area contributed by atoms with E-state index in [1.54, 1.807) is 6.07 Å². The lowest BCUT2D eigenvalue weighted by Crippen LogP contribution is -2.38. The van der Waals surface area contributed by atoms with Gasteiger partial charge in [-0.3, -0.25) is 4.79 Å². The number of aryl methyl sites for hydroxylation is 1. The fourth-order valence-electron chi connectivity index (χ4n) is 2.28. The summed E-state index contributed by atoms with van der Waals surface area (Å²) in [7, 11) is 0. The number of carbonyl (C=O) groups is 1. The number of hydrogen-bond donors (Lipinski definition) is 2. The molecule has 4 nitrogen and oxygen atoms in total. The fourth-order valence-corrected chi connectivity index (χ4v) is 2.28. The molecule has 1 heterocycles. The summed E-state index contributed by atoms with van der Waals surface area (Å²) in [5, 5.41) is 13.0. The Bertz CT molecular complexity index is 601. The van der Waals surface area contributed by atoms with Gasteiger partial charge in [-0.15, -0.1) is 0 Å². The zero-order chi connectivity index (χ0) is 14.7. The van der Waals surface area contributed by atoms with E-state index in [9.17, 15) is 9.90 Å². The highest BCUT2D eigenvalue weighted by Crippen LogP contribution is 2.20. The van der Waals surface area contributed by atoms with Gasteiger partial charge in [0, 0.05) is 5.39 Å². The smallest absolute Gasteiger partial charge is 0.287 e. The summed E-state index contributed by atoms with van der Waals surface area (Å²) in [5.41, 5.74) is 1.82. The molecule has 1 aromatic carbocycles. The Morgan fingerprint density at radius 1 is 1.35 bits per heavy atom. The van der Waals surface area contributed by atoms with Gasteiger partial charge in [0.25, 0.3) is 5.91 Å². The minimum atomic E-state index is -0.279. The zero-order valence-electron chi connectivity index (χ0n) is 12.1. The monoisotopic (exact) mass is 275 g/mol. The number of nitrogens with one attached hydrogen (secondary N) is 1. The van der Waals surface area contributed by atoms with Crippen LogP contribution < -0.4 is 5.32 Å². The summed E-state index contributed by atoms with van der Waals surface area (Å²) >= 11 is 0. The van der Waals surface area contributed by atoms with Gasteiger partial charge in [-0.25, -0.2) is 0 Å². The first kappa shape index (κ1) is 14.6. The lowest BCUT2D eigenvalue weighted by Gasteiger charge is -2.17. The first-order valence-corrected chi connectivity index (χ1v) is 6.91. The second-order valence-corrected chi connectivity index (χ2v) is 5.63. The van der Waals surface area contributed by atoms with E-state index >= 15 is 0 Å². The SMILES string of the molecule is Cc1ccc2oc(C(=O)NC(CO)CC(C)C)cc2c1. The molecular formula is C16H21NO3. The number of hydrogen-bond acceptors (Lipinski definition) is 3. The van der Waals surface area contributed by atoms with E-state index in [4.69, 9.17) is 4.42 Å². The number of furan rings is 1. The van der Waals surface area contributed by atoms with E-state index in [-0.39, 0.29) is 24.3 Å². The van der Waals surface area contributed by atoms with Crippen molar-refractivity contribution >= 4 is 16.9 Å². The first-order chi connectivity index (χ1) is 9.49.